The Bertz CT molecular complexity index is 419. The lowest BCUT2D eigenvalue weighted by Gasteiger charge is -2.43. The van der Waals surface area contributed by atoms with Gasteiger partial charge in [-0.1, -0.05) is 0 Å². The maximum absolute atomic E-state index is 10.00. The molecule has 9 atom stereocenters. The van der Waals surface area contributed by atoms with Crippen LogP contribution in [-0.2, 0) is 14.2 Å². The van der Waals surface area contributed by atoms with Crippen molar-refractivity contribution < 1.29 is 55.1 Å². The molecule has 13 heteroatoms. The van der Waals surface area contributed by atoms with E-state index in [1.807, 2.05) is 0 Å². The Balaban J connectivity index is 0. The molecule has 164 valence electrons. The van der Waals surface area contributed by atoms with E-state index in [4.69, 9.17) is 24.4 Å². The van der Waals surface area contributed by atoms with E-state index in [1.165, 1.54) is 0 Å². The van der Waals surface area contributed by atoms with Gasteiger partial charge in [0.2, 0.25) is 5.79 Å². The third-order valence-electron chi connectivity index (χ3n) is 4.07. The summed E-state index contributed by atoms with van der Waals surface area (Å²) in [6.07, 6.45) is -12.7. The Kier molecular flexibility index (Phi) is 12.6. The predicted octanol–water partition coefficient (Wildman–Crippen LogP) is -4.27. The van der Waals surface area contributed by atoms with Crippen molar-refractivity contribution in [2.45, 2.75) is 54.8 Å². The SMILES string of the molecule is C=C.N.N.OC[C@H]1O[C@@](CO)(O[C@H]2O[C@H](CO)[C@@H](O)[C@H](O)[C@H]2O)[C@@H](O)[C@@H]1O. The van der Waals surface area contributed by atoms with Gasteiger partial charge in [0.25, 0.3) is 0 Å². The molecule has 0 aromatic heterocycles. The molecule has 2 rings (SSSR count). The monoisotopic (exact) mass is 404 g/mol. The summed E-state index contributed by atoms with van der Waals surface area (Å²) in [5.74, 6) is -2.22. The van der Waals surface area contributed by atoms with Gasteiger partial charge in [-0.3, -0.25) is 0 Å². The number of hydrogen-bond donors (Lipinski definition) is 10. The van der Waals surface area contributed by atoms with Crippen molar-refractivity contribution in [2.75, 3.05) is 19.8 Å². The van der Waals surface area contributed by atoms with Gasteiger partial charge >= 0.3 is 0 Å². The maximum atomic E-state index is 10.00. The van der Waals surface area contributed by atoms with Crippen LogP contribution in [-0.4, -0.2) is 115 Å². The van der Waals surface area contributed by atoms with Crippen LogP contribution in [0.4, 0.5) is 0 Å². The van der Waals surface area contributed by atoms with Crippen molar-refractivity contribution in [3.05, 3.63) is 13.2 Å². The van der Waals surface area contributed by atoms with Gasteiger partial charge in [-0.05, 0) is 0 Å². The van der Waals surface area contributed by atoms with Crippen molar-refractivity contribution in [3.8, 4) is 0 Å². The molecule has 2 heterocycles. The summed E-state index contributed by atoms with van der Waals surface area (Å²) in [6, 6.07) is 0. The van der Waals surface area contributed by atoms with E-state index in [-0.39, 0.29) is 12.3 Å². The molecule has 2 aliphatic rings. The molecule has 2 fully saturated rings. The lowest BCUT2D eigenvalue weighted by Crippen LogP contribution is -2.62. The van der Waals surface area contributed by atoms with E-state index in [0.29, 0.717) is 0 Å². The maximum Gasteiger partial charge on any atom is 0.224 e. The lowest BCUT2D eigenvalue weighted by atomic mass is 9.99. The molecule has 0 unspecified atom stereocenters. The summed E-state index contributed by atoms with van der Waals surface area (Å²) in [5.41, 5.74) is 0. The number of aliphatic hydroxyl groups excluding tert-OH is 8. The van der Waals surface area contributed by atoms with Crippen LogP contribution >= 0.6 is 0 Å². The van der Waals surface area contributed by atoms with Crippen LogP contribution in [0, 0.1) is 0 Å². The molecular formula is C14H32N2O11. The van der Waals surface area contributed by atoms with E-state index >= 15 is 0 Å². The average molecular weight is 404 g/mol. The highest BCUT2D eigenvalue weighted by atomic mass is 16.8. The Hall–Kier alpha value is -0.780. The van der Waals surface area contributed by atoms with Gasteiger partial charge in [0.15, 0.2) is 6.29 Å². The van der Waals surface area contributed by atoms with Crippen LogP contribution in [0.5, 0.6) is 0 Å². The Morgan fingerprint density at radius 3 is 1.70 bits per heavy atom. The molecule has 14 N–H and O–H groups in total. The summed E-state index contributed by atoms with van der Waals surface area (Å²) in [6.45, 7) is 3.68. The molecule has 0 saturated carbocycles. The van der Waals surface area contributed by atoms with E-state index in [1.54, 1.807) is 0 Å². The van der Waals surface area contributed by atoms with E-state index in [0.717, 1.165) is 0 Å². The van der Waals surface area contributed by atoms with Crippen LogP contribution in [0.25, 0.3) is 0 Å². The Labute approximate surface area is 156 Å². The summed E-state index contributed by atoms with van der Waals surface area (Å²) in [7, 11) is 0. The van der Waals surface area contributed by atoms with Crippen molar-refractivity contribution in [1.82, 2.24) is 12.3 Å². The molecule has 2 saturated heterocycles. The molecule has 0 spiro atoms. The number of rotatable bonds is 5. The molecular weight excluding hydrogens is 372 g/mol. The third kappa shape index (κ3) is 5.39. The summed E-state index contributed by atoms with van der Waals surface area (Å²) in [5, 5.41) is 76.7. The summed E-state index contributed by atoms with van der Waals surface area (Å²) >= 11 is 0. The van der Waals surface area contributed by atoms with E-state index in [2.05, 4.69) is 13.2 Å². The topological polar surface area (TPSA) is 260 Å². The second-order valence-corrected chi connectivity index (χ2v) is 5.56. The largest absolute Gasteiger partial charge is 0.394 e. The van der Waals surface area contributed by atoms with Crippen molar-refractivity contribution in [3.63, 3.8) is 0 Å². The quantitative estimate of drug-likeness (QED) is 0.195. The molecule has 0 aromatic carbocycles. The molecule has 0 amide bonds. The first-order valence-electron chi connectivity index (χ1n) is 7.55. The van der Waals surface area contributed by atoms with E-state index < -0.39 is 74.6 Å². The Morgan fingerprint density at radius 1 is 0.778 bits per heavy atom. The summed E-state index contributed by atoms with van der Waals surface area (Å²) in [4.78, 5) is 0. The molecule has 27 heavy (non-hydrogen) atoms. The minimum absolute atomic E-state index is 0. The number of ether oxygens (including phenoxy) is 3. The van der Waals surface area contributed by atoms with Gasteiger partial charge in [0.05, 0.1) is 13.2 Å². The minimum atomic E-state index is -2.22. The normalized spacial score (nSPS) is 43.7. The lowest BCUT2D eigenvalue weighted by molar-refractivity contribution is -0.383. The highest BCUT2D eigenvalue weighted by Crippen LogP contribution is 2.35. The molecule has 13 nitrogen and oxygen atoms in total. The van der Waals surface area contributed by atoms with Crippen LogP contribution in [0.3, 0.4) is 0 Å². The number of aliphatic hydroxyl groups is 8. The van der Waals surface area contributed by atoms with Crippen LogP contribution < -0.4 is 12.3 Å². The van der Waals surface area contributed by atoms with Gasteiger partial charge in [-0.2, -0.15) is 0 Å². The zero-order chi connectivity index (χ0) is 19.4. The van der Waals surface area contributed by atoms with Crippen LogP contribution in [0.2, 0.25) is 0 Å². The van der Waals surface area contributed by atoms with Gasteiger partial charge < -0.3 is 67.4 Å². The molecule has 0 bridgehead atoms. The fourth-order valence-electron chi connectivity index (χ4n) is 2.63. The van der Waals surface area contributed by atoms with E-state index in [9.17, 15) is 30.6 Å². The van der Waals surface area contributed by atoms with Crippen molar-refractivity contribution >= 4 is 0 Å². The Morgan fingerprint density at radius 2 is 1.30 bits per heavy atom. The zero-order valence-electron chi connectivity index (χ0n) is 14.9. The molecule has 0 aliphatic carbocycles. The van der Waals surface area contributed by atoms with Gasteiger partial charge in [0, 0.05) is 0 Å². The van der Waals surface area contributed by atoms with Crippen LogP contribution in [0.15, 0.2) is 13.2 Å². The zero-order valence-corrected chi connectivity index (χ0v) is 14.9. The molecule has 0 aromatic rings. The van der Waals surface area contributed by atoms with Gasteiger partial charge in [0.1, 0.15) is 49.3 Å². The van der Waals surface area contributed by atoms with Crippen molar-refractivity contribution in [2.24, 2.45) is 0 Å². The first-order valence-corrected chi connectivity index (χ1v) is 7.55. The smallest absolute Gasteiger partial charge is 0.224 e. The first kappa shape index (κ1) is 28.4. The van der Waals surface area contributed by atoms with Gasteiger partial charge in [-0.25, -0.2) is 0 Å². The fraction of sp³-hybridized carbons (Fsp3) is 0.857. The molecule has 2 aliphatic heterocycles. The second-order valence-electron chi connectivity index (χ2n) is 5.56. The fourth-order valence-corrected chi connectivity index (χ4v) is 2.63. The highest BCUT2D eigenvalue weighted by Gasteiger charge is 2.58. The standard InChI is InChI=1S/C12H22O11.C2H4.2H3N/c13-1-4-6(16)8(18)9(19)11(21-4)23-12(3-15)10(20)7(17)5(2-14)22-12;1-2;;/h4-11,13-20H,1-3H2;1-2H2;2*1H3/t4-,5-,6-,7-,8+,9-,10+,11-,12+;;;/m1.../s1. The first-order chi connectivity index (χ1) is 11.8. The predicted molar refractivity (Wildman–Crippen MR) is 89.9 cm³/mol. The summed E-state index contributed by atoms with van der Waals surface area (Å²) < 4.78 is 15.4. The second kappa shape index (κ2) is 11.9. The molecule has 0 radical (unpaired) electrons. The van der Waals surface area contributed by atoms with Gasteiger partial charge in [-0.15, -0.1) is 13.2 Å². The average Bonchev–Trinajstić information content (AvgIpc) is 2.88. The highest BCUT2D eigenvalue weighted by molar-refractivity contribution is 4.98. The minimum Gasteiger partial charge on any atom is -0.394 e. The van der Waals surface area contributed by atoms with Crippen LogP contribution in [0.1, 0.15) is 0 Å². The number of hydrogen-bond acceptors (Lipinski definition) is 13. The third-order valence-corrected chi connectivity index (χ3v) is 4.07. The van der Waals surface area contributed by atoms with Crippen molar-refractivity contribution in [1.29, 1.82) is 0 Å².